The van der Waals surface area contributed by atoms with Gasteiger partial charge in [0.1, 0.15) is 0 Å². The fourth-order valence-electron chi connectivity index (χ4n) is 3.52. The van der Waals surface area contributed by atoms with Crippen molar-refractivity contribution >= 4 is 5.91 Å². The van der Waals surface area contributed by atoms with E-state index in [9.17, 15) is 4.79 Å². The van der Waals surface area contributed by atoms with Crippen molar-refractivity contribution in [2.45, 2.75) is 70.3 Å². The lowest BCUT2D eigenvalue weighted by molar-refractivity contribution is -0.133. The fourth-order valence-corrected chi connectivity index (χ4v) is 3.52. The molecule has 0 spiro atoms. The highest BCUT2D eigenvalue weighted by Crippen LogP contribution is 2.29. The second kappa shape index (κ2) is 7.13. The first kappa shape index (κ1) is 13.9. The molecule has 2 rings (SSSR count). The van der Waals surface area contributed by atoms with Crippen molar-refractivity contribution in [2.75, 3.05) is 13.1 Å². The Balaban J connectivity index is 1.80. The van der Waals surface area contributed by atoms with Crippen molar-refractivity contribution in [1.29, 1.82) is 0 Å². The number of hydrogen-bond donors (Lipinski definition) is 1. The van der Waals surface area contributed by atoms with Gasteiger partial charge in [0.15, 0.2) is 0 Å². The van der Waals surface area contributed by atoms with Gasteiger partial charge in [-0.2, -0.15) is 0 Å². The van der Waals surface area contributed by atoms with E-state index >= 15 is 0 Å². The molecule has 3 heteroatoms. The molecule has 2 fully saturated rings. The maximum Gasteiger partial charge on any atom is 0.222 e. The molecule has 1 aliphatic carbocycles. The number of amides is 1. The summed E-state index contributed by atoms with van der Waals surface area (Å²) in [5.41, 5.74) is 5.83. The zero-order chi connectivity index (χ0) is 12.8. The summed E-state index contributed by atoms with van der Waals surface area (Å²) in [6.45, 7) is 1.57. The van der Waals surface area contributed by atoms with Crippen LogP contribution in [0.3, 0.4) is 0 Å². The van der Waals surface area contributed by atoms with Gasteiger partial charge in [0.05, 0.1) is 0 Å². The summed E-state index contributed by atoms with van der Waals surface area (Å²) in [6, 6.07) is 0.309. The van der Waals surface area contributed by atoms with Crippen LogP contribution in [0.5, 0.6) is 0 Å². The van der Waals surface area contributed by atoms with Crippen LogP contribution >= 0.6 is 0 Å². The van der Waals surface area contributed by atoms with Gasteiger partial charge < -0.3 is 10.6 Å². The van der Waals surface area contributed by atoms with Crippen LogP contribution in [0.1, 0.15) is 64.2 Å². The zero-order valence-electron chi connectivity index (χ0n) is 11.6. The van der Waals surface area contributed by atoms with Crippen molar-refractivity contribution in [2.24, 2.45) is 11.7 Å². The van der Waals surface area contributed by atoms with Crippen molar-refractivity contribution in [1.82, 2.24) is 4.90 Å². The molecule has 104 valence electrons. The Bertz CT molecular complexity index is 261. The molecule has 1 saturated carbocycles. The lowest BCUT2D eigenvalue weighted by atomic mass is 10.0. The Morgan fingerprint density at radius 3 is 2.50 bits per heavy atom. The molecule has 0 radical (unpaired) electrons. The van der Waals surface area contributed by atoms with E-state index in [-0.39, 0.29) is 0 Å². The van der Waals surface area contributed by atoms with Crippen LogP contribution in [0.2, 0.25) is 0 Å². The summed E-state index contributed by atoms with van der Waals surface area (Å²) in [7, 11) is 0. The van der Waals surface area contributed by atoms with E-state index in [1.165, 1.54) is 38.5 Å². The summed E-state index contributed by atoms with van der Waals surface area (Å²) in [5.74, 6) is 1.18. The summed E-state index contributed by atoms with van der Waals surface area (Å²) in [5, 5.41) is 0. The van der Waals surface area contributed by atoms with Crippen molar-refractivity contribution in [3.8, 4) is 0 Å². The number of carbonyl (C=O) groups is 1. The molecule has 2 N–H and O–H groups in total. The van der Waals surface area contributed by atoms with Crippen LogP contribution in [0.15, 0.2) is 0 Å². The number of carbonyl (C=O) groups excluding carboxylic acids is 1. The van der Waals surface area contributed by atoms with Gasteiger partial charge in [-0.1, -0.05) is 38.5 Å². The maximum atomic E-state index is 12.3. The first-order chi connectivity index (χ1) is 8.81. The first-order valence-corrected chi connectivity index (χ1v) is 7.81. The maximum absolute atomic E-state index is 12.3. The van der Waals surface area contributed by atoms with Crippen LogP contribution in [0.25, 0.3) is 0 Å². The van der Waals surface area contributed by atoms with Gasteiger partial charge in [-0.25, -0.2) is 0 Å². The largest absolute Gasteiger partial charge is 0.338 e. The monoisotopic (exact) mass is 252 g/mol. The first-order valence-electron chi connectivity index (χ1n) is 7.81. The van der Waals surface area contributed by atoms with Crippen LogP contribution in [0.4, 0.5) is 0 Å². The average Bonchev–Trinajstić information content (AvgIpc) is 2.79. The molecule has 1 unspecified atom stereocenters. The standard InChI is InChI=1S/C15H28N2O/c16-12-14-8-2-1-5-11-17(14)15(18)10-9-13-6-3-4-7-13/h13-14H,1-12,16H2. The molecule has 3 nitrogen and oxygen atoms in total. The van der Waals surface area contributed by atoms with Gasteiger partial charge in [-0.3, -0.25) is 4.79 Å². The number of likely N-dealkylation sites (tertiary alicyclic amines) is 1. The van der Waals surface area contributed by atoms with Crippen molar-refractivity contribution in [3.05, 3.63) is 0 Å². The highest BCUT2D eigenvalue weighted by atomic mass is 16.2. The van der Waals surface area contributed by atoms with E-state index in [0.717, 1.165) is 38.1 Å². The molecule has 0 aromatic heterocycles. The molecule has 0 aromatic carbocycles. The Labute approximate surface area is 111 Å². The van der Waals surface area contributed by atoms with Crippen molar-refractivity contribution < 1.29 is 4.79 Å². The van der Waals surface area contributed by atoms with Gasteiger partial charge in [-0.05, 0) is 25.2 Å². The number of nitrogens with zero attached hydrogens (tertiary/aromatic N) is 1. The third-order valence-corrected chi connectivity index (χ3v) is 4.71. The molecular weight excluding hydrogens is 224 g/mol. The molecule has 1 atom stereocenters. The minimum atomic E-state index is 0.309. The second-order valence-corrected chi connectivity index (χ2v) is 6.02. The molecule has 0 bridgehead atoms. The number of rotatable bonds is 4. The third kappa shape index (κ3) is 3.71. The Morgan fingerprint density at radius 2 is 1.78 bits per heavy atom. The summed E-state index contributed by atoms with van der Waals surface area (Å²) < 4.78 is 0. The highest BCUT2D eigenvalue weighted by Gasteiger charge is 2.25. The smallest absolute Gasteiger partial charge is 0.222 e. The average molecular weight is 252 g/mol. The van der Waals surface area contributed by atoms with Gasteiger partial charge in [-0.15, -0.1) is 0 Å². The quantitative estimate of drug-likeness (QED) is 0.836. The lowest BCUT2D eigenvalue weighted by Gasteiger charge is -2.29. The van der Waals surface area contributed by atoms with Crippen LogP contribution in [0, 0.1) is 5.92 Å². The lowest BCUT2D eigenvalue weighted by Crippen LogP contribution is -2.44. The molecule has 18 heavy (non-hydrogen) atoms. The van der Waals surface area contributed by atoms with Crippen LogP contribution in [-0.2, 0) is 4.79 Å². The van der Waals surface area contributed by atoms with Gasteiger partial charge in [0.2, 0.25) is 5.91 Å². The molecule has 1 heterocycles. The SMILES string of the molecule is NCC1CCCCCN1C(=O)CCC1CCCC1. The molecule has 1 amide bonds. The molecular formula is C15H28N2O. The summed E-state index contributed by atoms with van der Waals surface area (Å²) in [6.07, 6.45) is 12.0. The van der Waals surface area contributed by atoms with Gasteiger partial charge >= 0.3 is 0 Å². The van der Waals surface area contributed by atoms with E-state index in [0.29, 0.717) is 18.5 Å². The van der Waals surface area contributed by atoms with E-state index in [1.54, 1.807) is 0 Å². The number of hydrogen-bond acceptors (Lipinski definition) is 2. The minimum absolute atomic E-state index is 0.309. The number of nitrogens with two attached hydrogens (primary N) is 1. The predicted octanol–water partition coefficient (Wildman–Crippen LogP) is 2.69. The molecule has 0 aromatic rings. The molecule has 1 aliphatic heterocycles. The van der Waals surface area contributed by atoms with Crippen LogP contribution < -0.4 is 5.73 Å². The Kier molecular flexibility index (Phi) is 5.48. The minimum Gasteiger partial charge on any atom is -0.338 e. The predicted molar refractivity (Wildman–Crippen MR) is 74.2 cm³/mol. The van der Waals surface area contributed by atoms with Gasteiger partial charge in [0.25, 0.3) is 0 Å². The van der Waals surface area contributed by atoms with Crippen LogP contribution in [-0.4, -0.2) is 29.9 Å². The zero-order valence-corrected chi connectivity index (χ0v) is 11.6. The second-order valence-electron chi connectivity index (χ2n) is 6.02. The van der Waals surface area contributed by atoms with Crippen molar-refractivity contribution in [3.63, 3.8) is 0 Å². The van der Waals surface area contributed by atoms with E-state index in [2.05, 4.69) is 4.90 Å². The third-order valence-electron chi connectivity index (χ3n) is 4.71. The highest BCUT2D eigenvalue weighted by molar-refractivity contribution is 5.76. The Hall–Kier alpha value is -0.570. The fraction of sp³-hybridized carbons (Fsp3) is 0.933. The topological polar surface area (TPSA) is 46.3 Å². The molecule has 1 saturated heterocycles. The normalized spacial score (nSPS) is 26.3. The van der Waals surface area contributed by atoms with E-state index in [1.807, 2.05) is 0 Å². The van der Waals surface area contributed by atoms with Gasteiger partial charge in [0, 0.05) is 25.6 Å². The van der Waals surface area contributed by atoms with E-state index in [4.69, 9.17) is 5.73 Å². The molecule has 2 aliphatic rings. The Morgan fingerprint density at radius 1 is 1.06 bits per heavy atom. The summed E-state index contributed by atoms with van der Waals surface area (Å²) >= 11 is 0. The summed E-state index contributed by atoms with van der Waals surface area (Å²) in [4.78, 5) is 14.4. The van der Waals surface area contributed by atoms with E-state index < -0.39 is 0 Å².